The molecule has 0 saturated heterocycles. The van der Waals surface area contributed by atoms with Gasteiger partial charge in [-0.3, -0.25) is 0 Å². The van der Waals surface area contributed by atoms with Gasteiger partial charge in [0.2, 0.25) is 0 Å². The fourth-order valence-electron chi connectivity index (χ4n) is 5.42. The molecular formula is C31H29NO. The lowest BCUT2D eigenvalue weighted by atomic mass is 9.82. The molecule has 164 valence electrons. The quantitative estimate of drug-likeness (QED) is 0.302. The molecule has 0 aliphatic heterocycles. The molecule has 2 nitrogen and oxygen atoms in total. The van der Waals surface area contributed by atoms with Crippen molar-refractivity contribution in [2.45, 2.75) is 45.4 Å². The Morgan fingerprint density at radius 3 is 2.24 bits per heavy atom. The summed E-state index contributed by atoms with van der Waals surface area (Å²) in [5.41, 5.74) is 10.8. The summed E-state index contributed by atoms with van der Waals surface area (Å²) < 4.78 is 6.40. The van der Waals surface area contributed by atoms with E-state index in [4.69, 9.17) is 4.42 Å². The van der Waals surface area contributed by atoms with Crippen LogP contribution in [0.3, 0.4) is 0 Å². The minimum atomic E-state index is -0.00430. The maximum Gasteiger partial charge on any atom is 0.139 e. The number of furan rings is 1. The van der Waals surface area contributed by atoms with E-state index in [1.807, 2.05) is 0 Å². The Kier molecular flexibility index (Phi) is 4.11. The summed E-state index contributed by atoms with van der Waals surface area (Å²) in [4.78, 5) is 0. The van der Waals surface area contributed by atoms with Crippen LogP contribution in [0.1, 0.15) is 51.3 Å². The Morgan fingerprint density at radius 2 is 1.42 bits per heavy atom. The van der Waals surface area contributed by atoms with Crippen LogP contribution in [0.5, 0.6) is 0 Å². The van der Waals surface area contributed by atoms with E-state index in [2.05, 4.69) is 119 Å². The lowest BCUT2D eigenvalue weighted by molar-refractivity contribution is 0.573. The van der Waals surface area contributed by atoms with Crippen molar-refractivity contribution < 1.29 is 4.42 Å². The van der Waals surface area contributed by atoms with Gasteiger partial charge in [0, 0.05) is 39.2 Å². The first-order valence-corrected chi connectivity index (χ1v) is 11.7. The molecule has 0 fully saturated rings. The van der Waals surface area contributed by atoms with Crippen LogP contribution in [0, 0.1) is 0 Å². The number of hydrogen-bond acceptors (Lipinski definition) is 2. The molecule has 1 aliphatic rings. The second kappa shape index (κ2) is 6.74. The first-order valence-electron chi connectivity index (χ1n) is 11.7. The van der Waals surface area contributed by atoms with Crippen molar-refractivity contribution in [3.05, 3.63) is 95.6 Å². The van der Waals surface area contributed by atoms with Crippen LogP contribution in [-0.2, 0) is 10.8 Å². The van der Waals surface area contributed by atoms with Gasteiger partial charge in [-0.25, -0.2) is 0 Å². The second-order valence-electron chi connectivity index (χ2n) is 10.8. The Hall–Kier alpha value is -3.52. The van der Waals surface area contributed by atoms with E-state index in [0.717, 1.165) is 27.9 Å². The monoisotopic (exact) mass is 431 g/mol. The molecule has 0 radical (unpaired) electrons. The highest BCUT2D eigenvalue weighted by Crippen LogP contribution is 2.49. The Bertz CT molecular complexity index is 1550. The van der Waals surface area contributed by atoms with Crippen molar-refractivity contribution >= 4 is 33.3 Å². The third-order valence-electron chi connectivity index (χ3n) is 7.18. The zero-order valence-corrected chi connectivity index (χ0v) is 19.9. The minimum absolute atomic E-state index is 0.00430. The summed E-state index contributed by atoms with van der Waals surface area (Å²) in [6.07, 6.45) is 0. The second-order valence-corrected chi connectivity index (χ2v) is 10.8. The average molecular weight is 432 g/mol. The summed E-state index contributed by atoms with van der Waals surface area (Å²) in [6.45, 7) is 11.3. The molecule has 0 atom stereocenters. The number of fused-ring (bicyclic) bond motifs is 6. The summed E-state index contributed by atoms with van der Waals surface area (Å²) in [5.74, 6) is 0. The molecule has 0 unspecified atom stereocenters. The van der Waals surface area contributed by atoms with E-state index >= 15 is 0 Å². The largest absolute Gasteiger partial charge is 0.456 e. The standard InChI is InChI=1S/C31H29NO/c1-30(2,3)26-12-8-10-24-23-16-14-20(18-28(23)33-29(24)26)32-19-13-15-22-21-9-6-7-11-25(21)31(4,5)27(22)17-19/h6-18,32H,1-5H3. The van der Waals surface area contributed by atoms with Gasteiger partial charge in [-0.05, 0) is 51.9 Å². The molecule has 1 aliphatic carbocycles. The number of rotatable bonds is 2. The molecular weight excluding hydrogens is 402 g/mol. The topological polar surface area (TPSA) is 25.2 Å². The highest BCUT2D eigenvalue weighted by Gasteiger charge is 2.35. The van der Waals surface area contributed by atoms with Crippen molar-refractivity contribution in [1.82, 2.24) is 0 Å². The highest BCUT2D eigenvalue weighted by molar-refractivity contribution is 6.07. The van der Waals surface area contributed by atoms with E-state index in [9.17, 15) is 0 Å². The molecule has 1 N–H and O–H groups in total. The number of hydrogen-bond donors (Lipinski definition) is 1. The van der Waals surface area contributed by atoms with E-state index in [-0.39, 0.29) is 10.8 Å². The molecule has 1 aromatic heterocycles. The van der Waals surface area contributed by atoms with Gasteiger partial charge in [-0.15, -0.1) is 0 Å². The molecule has 0 amide bonds. The molecule has 6 rings (SSSR count). The first kappa shape index (κ1) is 20.1. The van der Waals surface area contributed by atoms with Gasteiger partial charge in [-0.1, -0.05) is 83.1 Å². The molecule has 33 heavy (non-hydrogen) atoms. The molecule has 0 saturated carbocycles. The maximum absolute atomic E-state index is 6.40. The van der Waals surface area contributed by atoms with Gasteiger partial charge >= 0.3 is 0 Å². The highest BCUT2D eigenvalue weighted by atomic mass is 16.3. The van der Waals surface area contributed by atoms with Crippen LogP contribution < -0.4 is 5.32 Å². The number of para-hydroxylation sites is 1. The fourth-order valence-corrected chi connectivity index (χ4v) is 5.42. The van der Waals surface area contributed by atoms with Crippen LogP contribution >= 0.6 is 0 Å². The predicted octanol–water partition coefficient (Wildman–Crippen LogP) is 8.93. The minimum Gasteiger partial charge on any atom is -0.456 e. The summed E-state index contributed by atoms with van der Waals surface area (Å²) in [6, 6.07) is 28.4. The zero-order valence-electron chi connectivity index (χ0n) is 19.9. The molecule has 1 heterocycles. The molecule has 0 spiro atoms. The lowest BCUT2D eigenvalue weighted by Gasteiger charge is -2.22. The van der Waals surface area contributed by atoms with Gasteiger partial charge in [0.05, 0.1) is 0 Å². The average Bonchev–Trinajstić information content (AvgIpc) is 3.26. The lowest BCUT2D eigenvalue weighted by Crippen LogP contribution is -2.15. The van der Waals surface area contributed by atoms with E-state index in [1.165, 1.54) is 33.2 Å². The fraction of sp³-hybridized carbons (Fsp3) is 0.226. The first-order chi connectivity index (χ1) is 15.7. The predicted molar refractivity (Wildman–Crippen MR) is 140 cm³/mol. The van der Waals surface area contributed by atoms with Crippen molar-refractivity contribution in [2.75, 3.05) is 5.32 Å². The van der Waals surface area contributed by atoms with Gasteiger partial charge in [0.15, 0.2) is 0 Å². The van der Waals surface area contributed by atoms with Crippen molar-refractivity contribution in [3.63, 3.8) is 0 Å². The summed E-state index contributed by atoms with van der Waals surface area (Å²) in [7, 11) is 0. The van der Waals surface area contributed by atoms with Crippen LogP contribution in [0.2, 0.25) is 0 Å². The van der Waals surface area contributed by atoms with Crippen LogP contribution in [0.4, 0.5) is 11.4 Å². The third-order valence-corrected chi connectivity index (χ3v) is 7.18. The zero-order chi connectivity index (χ0) is 23.0. The van der Waals surface area contributed by atoms with Crippen LogP contribution in [0.15, 0.2) is 83.3 Å². The Morgan fingerprint density at radius 1 is 0.697 bits per heavy atom. The summed E-state index contributed by atoms with van der Waals surface area (Å²) >= 11 is 0. The normalized spacial score (nSPS) is 14.5. The Labute approximate surface area is 195 Å². The molecule has 4 aromatic carbocycles. The van der Waals surface area contributed by atoms with Crippen molar-refractivity contribution in [1.29, 1.82) is 0 Å². The smallest absolute Gasteiger partial charge is 0.139 e. The SMILES string of the molecule is CC(C)(C)c1cccc2c1oc1cc(Nc3ccc4c(c3)C(C)(C)c3ccccc3-4)ccc12. The van der Waals surface area contributed by atoms with Gasteiger partial charge in [0.1, 0.15) is 11.2 Å². The van der Waals surface area contributed by atoms with E-state index in [0.29, 0.717) is 0 Å². The van der Waals surface area contributed by atoms with E-state index < -0.39 is 0 Å². The van der Waals surface area contributed by atoms with Gasteiger partial charge in [0.25, 0.3) is 0 Å². The molecule has 2 heteroatoms. The van der Waals surface area contributed by atoms with Crippen molar-refractivity contribution in [2.24, 2.45) is 0 Å². The Balaban J connectivity index is 1.40. The van der Waals surface area contributed by atoms with Gasteiger partial charge < -0.3 is 9.73 Å². The molecule has 0 bridgehead atoms. The van der Waals surface area contributed by atoms with Crippen LogP contribution in [0.25, 0.3) is 33.1 Å². The number of nitrogens with one attached hydrogen (secondary N) is 1. The number of benzene rings is 4. The van der Waals surface area contributed by atoms with E-state index in [1.54, 1.807) is 0 Å². The molecule has 5 aromatic rings. The third kappa shape index (κ3) is 3.01. The summed E-state index contributed by atoms with van der Waals surface area (Å²) in [5, 5.41) is 5.96. The van der Waals surface area contributed by atoms with Crippen LogP contribution in [-0.4, -0.2) is 0 Å². The van der Waals surface area contributed by atoms with Gasteiger partial charge in [-0.2, -0.15) is 0 Å². The van der Waals surface area contributed by atoms with Crippen molar-refractivity contribution in [3.8, 4) is 11.1 Å². The number of anilines is 2. The maximum atomic E-state index is 6.40.